The molecule has 2 rings (SSSR count). The van der Waals surface area contributed by atoms with E-state index in [1.807, 2.05) is 0 Å². The molecule has 0 aromatic carbocycles. The molecule has 2 aliphatic rings. The minimum atomic E-state index is -0.770. The van der Waals surface area contributed by atoms with Crippen LogP contribution < -0.4 is 5.32 Å². The number of hydrogen-bond acceptors (Lipinski definition) is 3. The number of carbonyl (C=O) groups excluding carboxylic acids is 1. The predicted molar refractivity (Wildman–Crippen MR) is 79.0 cm³/mol. The lowest BCUT2D eigenvalue weighted by molar-refractivity contribution is -0.129. The molecule has 0 aromatic rings. The van der Waals surface area contributed by atoms with Crippen LogP contribution in [0.25, 0.3) is 0 Å². The average molecular weight is 277 g/mol. The Kier molecular flexibility index (Phi) is 4.70. The molecule has 112 valence electrons. The maximum absolute atomic E-state index is 12.6. The number of nitriles is 1. The van der Waals surface area contributed by atoms with Gasteiger partial charge in [0.15, 0.2) is 0 Å². The molecule has 0 aliphatic heterocycles. The first kappa shape index (κ1) is 15.3. The van der Waals surface area contributed by atoms with Gasteiger partial charge in [0.2, 0.25) is 5.91 Å². The molecular formula is C16H27N3O. The van der Waals surface area contributed by atoms with Crippen molar-refractivity contribution in [3.8, 4) is 6.07 Å². The monoisotopic (exact) mass is 277 g/mol. The van der Waals surface area contributed by atoms with Gasteiger partial charge in [-0.1, -0.05) is 25.7 Å². The first-order valence-electron chi connectivity index (χ1n) is 7.92. The van der Waals surface area contributed by atoms with Crippen LogP contribution in [0.1, 0.15) is 57.8 Å². The van der Waals surface area contributed by atoms with E-state index in [0.29, 0.717) is 6.54 Å². The second-order valence-electron chi connectivity index (χ2n) is 6.76. The topological polar surface area (TPSA) is 56.1 Å². The standard InChI is InChI=1S/C16H27N3O/c1-19(2)16(10-7-11-16)13-18-14(20)15(12-17)8-5-3-4-6-9-15/h3-11,13H2,1-2H3,(H,18,20). The summed E-state index contributed by atoms with van der Waals surface area (Å²) in [4.78, 5) is 14.8. The number of carbonyl (C=O) groups is 1. The Bertz CT molecular complexity index is 385. The summed E-state index contributed by atoms with van der Waals surface area (Å²) in [6.07, 6.45) is 9.27. The molecule has 0 aromatic heterocycles. The van der Waals surface area contributed by atoms with Crippen molar-refractivity contribution in [1.29, 1.82) is 5.26 Å². The van der Waals surface area contributed by atoms with E-state index in [2.05, 4.69) is 30.4 Å². The quantitative estimate of drug-likeness (QED) is 0.803. The lowest BCUT2D eigenvalue weighted by atomic mass is 9.75. The van der Waals surface area contributed by atoms with Gasteiger partial charge in [-0.2, -0.15) is 5.26 Å². The average Bonchev–Trinajstić information content (AvgIpc) is 2.63. The van der Waals surface area contributed by atoms with Gasteiger partial charge >= 0.3 is 0 Å². The van der Waals surface area contributed by atoms with E-state index in [4.69, 9.17) is 0 Å². The molecule has 0 radical (unpaired) electrons. The third kappa shape index (κ3) is 2.83. The minimum absolute atomic E-state index is 0.0324. The maximum atomic E-state index is 12.6. The molecule has 1 N–H and O–H groups in total. The lowest BCUT2D eigenvalue weighted by Gasteiger charge is -2.47. The van der Waals surface area contributed by atoms with E-state index in [9.17, 15) is 10.1 Å². The summed E-state index contributed by atoms with van der Waals surface area (Å²) in [6, 6.07) is 2.33. The zero-order valence-corrected chi connectivity index (χ0v) is 12.9. The van der Waals surface area contributed by atoms with Gasteiger partial charge in [-0.15, -0.1) is 0 Å². The van der Waals surface area contributed by atoms with Crippen LogP contribution in [-0.4, -0.2) is 37.0 Å². The van der Waals surface area contributed by atoms with Crippen LogP contribution in [0.15, 0.2) is 0 Å². The van der Waals surface area contributed by atoms with Crippen LogP contribution in [0.4, 0.5) is 0 Å². The number of nitrogens with one attached hydrogen (secondary N) is 1. The molecule has 2 saturated carbocycles. The lowest BCUT2D eigenvalue weighted by Crippen LogP contribution is -2.58. The maximum Gasteiger partial charge on any atom is 0.240 e. The molecular weight excluding hydrogens is 250 g/mol. The Morgan fingerprint density at radius 1 is 1.10 bits per heavy atom. The highest BCUT2D eigenvalue weighted by molar-refractivity contribution is 5.85. The molecule has 0 spiro atoms. The van der Waals surface area contributed by atoms with Crippen molar-refractivity contribution in [3.05, 3.63) is 0 Å². The van der Waals surface area contributed by atoms with Crippen molar-refractivity contribution in [3.63, 3.8) is 0 Å². The van der Waals surface area contributed by atoms with Crippen molar-refractivity contribution < 1.29 is 4.79 Å². The van der Waals surface area contributed by atoms with Gasteiger partial charge in [0.1, 0.15) is 5.41 Å². The highest BCUT2D eigenvalue weighted by Gasteiger charge is 2.43. The van der Waals surface area contributed by atoms with Gasteiger partial charge in [0.05, 0.1) is 6.07 Å². The highest BCUT2D eigenvalue weighted by atomic mass is 16.2. The van der Waals surface area contributed by atoms with Gasteiger partial charge in [0, 0.05) is 12.1 Å². The summed E-state index contributed by atoms with van der Waals surface area (Å²) < 4.78 is 0. The van der Waals surface area contributed by atoms with E-state index in [1.165, 1.54) is 6.42 Å². The van der Waals surface area contributed by atoms with Crippen molar-refractivity contribution in [2.75, 3.05) is 20.6 Å². The second-order valence-corrected chi connectivity index (χ2v) is 6.76. The van der Waals surface area contributed by atoms with Crippen molar-refractivity contribution >= 4 is 5.91 Å². The fourth-order valence-electron chi connectivity index (χ4n) is 3.50. The van der Waals surface area contributed by atoms with E-state index in [1.54, 1.807) is 0 Å². The van der Waals surface area contributed by atoms with Gasteiger partial charge < -0.3 is 10.2 Å². The summed E-state index contributed by atoms with van der Waals surface area (Å²) in [6.45, 7) is 0.683. The minimum Gasteiger partial charge on any atom is -0.353 e. The second kappa shape index (κ2) is 6.13. The highest BCUT2D eigenvalue weighted by Crippen LogP contribution is 2.37. The van der Waals surface area contributed by atoms with Gasteiger partial charge in [-0.25, -0.2) is 0 Å². The normalized spacial score (nSPS) is 24.3. The smallest absolute Gasteiger partial charge is 0.240 e. The zero-order chi connectivity index (χ0) is 14.6. The summed E-state index contributed by atoms with van der Waals surface area (Å²) in [7, 11) is 4.16. The molecule has 20 heavy (non-hydrogen) atoms. The Morgan fingerprint density at radius 3 is 2.10 bits per heavy atom. The van der Waals surface area contributed by atoms with E-state index < -0.39 is 5.41 Å². The largest absolute Gasteiger partial charge is 0.353 e. The number of nitrogens with zero attached hydrogens (tertiary/aromatic N) is 2. The van der Waals surface area contributed by atoms with E-state index in [0.717, 1.165) is 51.4 Å². The van der Waals surface area contributed by atoms with Gasteiger partial charge in [-0.3, -0.25) is 4.79 Å². The predicted octanol–water partition coefficient (Wildman–Crippen LogP) is 2.45. The van der Waals surface area contributed by atoms with E-state index in [-0.39, 0.29) is 11.4 Å². The van der Waals surface area contributed by atoms with Crippen LogP contribution >= 0.6 is 0 Å². The Morgan fingerprint density at radius 2 is 1.70 bits per heavy atom. The number of hydrogen-bond donors (Lipinski definition) is 1. The van der Waals surface area contributed by atoms with E-state index >= 15 is 0 Å². The van der Waals surface area contributed by atoms with Crippen molar-refractivity contribution in [2.45, 2.75) is 63.3 Å². The fourth-order valence-corrected chi connectivity index (χ4v) is 3.50. The van der Waals surface area contributed by atoms with Crippen LogP contribution in [0, 0.1) is 16.7 Å². The van der Waals surface area contributed by atoms with Crippen LogP contribution in [-0.2, 0) is 4.79 Å². The van der Waals surface area contributed by atoms with Crippen LogP contribution in [0.2, 0.25) is 0 Å². The molecule has 4 nitrogen and oxygen atoms in total. The van der Waals surface area contributed by atoms with Crippen LogP contribution in [0.5, 0.6) is 0 Å². The number of likely N-dealkylation sites (N-methyl/N-ethyl adjacent to an activating group) is 1. The Labute approximate surface area is 122 Å². The molecule has 0 unspecified atom stereocenters. The molecule has 0 atom stereocenters. The molecule has 0 heterocycles. The molecule has 0 bridgehead atoms. The number of amides is 1. The SMILES string of the molecule is CN(C)C1(CNC(=O)C2(C#N)CCCCCC2)CCC1. The molecule has 4 heteroatoms. The first-order chi connectivity index (χ1) is 9.55. The van der Waals surface area contributed by atoms with Crippen LogP contribution in [0.3, 0.4) is 0 Å². The zero-order valence-electron chi connectivity index (χ0n) is 12.9. The first-order valence-corrected chi connectivity index (χ1v) is 7.92. The summed E-state index contributed by atoms with van der Waals surface area (Å²) in [5.41, 5.74) is -0.648. The molecule has 0 saturated heterocycles. The van der Waals surface area contributed by atoms with Gasteiger partial charge in [-0.05, 0) is 46.2 Å². The molecule has 2 fully saturated rings. The molecule has 2 aliphatic carbocycles. The van der Waals surface area contributed by atoms with Gasteiger partial charge in [0.25, 0.3) is 0 Å². The Balaban J connectivity index is 1.97. The third-order valence-corrected chi connectivity index (χ3v) is 5.42. The fraction of sp³-hybridized carbons (Fsp3) is 0.875. The molecule has 1 amide bonds. The Hall–Kier alpha value is -1.08. The van der Waals surface area contributed by atoms with Crippen molar-refractivity contribution in [2.24, 2.45) is 5.41 Å². The number of rotatable bonds is 4. The summed E-state index contributed by atoms with van der Waals surface area (Å²) in [5, 5.41) is 12.6. The summed E-state index contributed by atoms with van der Waals surface area (Å²) >= 11 is 0. The summed E-state index contributed by atoms with van der Waals surface area (Å²) in [5.74, 6) is -0.0324. The third-order valence-electron chi connectivity index (χ3n) is 5.42. The van der Waals surface area contributed by atoms with Crippen molar-refractivity contribution in [1.82, 2.24) is 10.2 Å².